The van der Waals surface area contributed by atoms with E-state index in [9.17, 15) is 9.90 Å². The zero-order chi connectivity index (χ0) is 10.9. The van der Waals surface area contributed by atoms with Crippen LogP contribution in [-0.2, 0) is 4.79 Å². The molecule has 0 aromatic rings. The molecule has 0 saturated carbocycles. The SMILES string of the molecule is CCC1=C(C)CCC(C)(C)C1C(=O)O. The fraction of sp³-hybridized carbons (Fsp3) is 0.750. The first kappa shape index (κ1) is 11.3. The van der Waals surface area contributed by atoms with Gasteiger partial charge >= 0.3 is 5.97 Å². The minimum absolute atomic E-state index is 0.0866. The highest BCUT2D eigenvalue weighted by molar-refractivity contribution is 5.75. The van der Waals surface area contributed by atoms with Crippen LogP contribution < -0.4 is 0 Å². The van der Waals surface area contributed by atoms with Gasteiger partial charge < -0.3 is 5.11 Å². The highest BCUT2D eigenvalue weighted by atomic mass is 16.4. The van der Waals surface area contributed by atoms with E-state index < -0.39 is 5.97 Å². The van der Waals surface area contributed by atoms with E-state index >= 15 is 0 Å². The van der Waals surface area contributed by atoms with Crippen molar-refractivity contribution < 1.29 is 9.90 Å². The lowest BCUT2D eigenvalue weighted by atomic mass is 9.65. The van der Waals surface area contributed by atoms with Gasteiger partial charge in [-0.3, -0.25) is 4.79 Å². The van der Waals surface area contributed by atoms with Crippen LogP contribution in [0.2, 0.25) is 0 Å². The van der Waals surface area contributed by atoms with Crippen LogP contribution in [0.15, 0.2) is 11.1 Å². The number of carboxylic acids is 1. The number of rotatable bonds is 2. The zero-order valence-corrected chi connectivity index (χ0v) is 9.55. The van der Waals surface area contributed by atoms with Gasteiger partial charge in [-0.2, -0.15) is 0 Å². The molecule has 14 heavy (non-hydrogen) atoms. The molecule has 0 fully saturated rings. The molecule has 0 amide bonds. The fourth-order valence-electron chi connectivity index (χ4n) is 2.52. The quantitative estimate of drug-likeness (QED) is 0.688. The second kappa shape index (κ2) is 3.76. The maximum absolute atomic E-state index is 11.3. The Kier molecular flexibility index (Phi) is 3.03. The third kappa shape index (κ3) is 1.84. The Hall–Kier alpha value is -0.790. The second-order valence-corrected chi connectivity index (χ2v) is 4.92. The molecule has 0 aromatic carbocycles. The Morgan fingerprint density at radius 1 is 1.57 bits per heavy atom. The van der Waals surface area contributed by atoms with Gasteiger partial charge in [0.15, 0.2) is 0 Å². The summed E-state index contributed by atoms with van der Waals surface area (Å²) in [6, 6.07) is 0. The van der Waals surface area contributed by atoms with Crippen molar-refractivity contribution in [1.29, 1.82) is 0 Å². The number of hydrogen-bond acceptors (Lipinski definition) is 1. The van der Waals surface area contributed by atoms with Crippen molar-refractivity contribution in [1.82, 2.24) is 0 Å². The molecular weight excluding hydrogens is 176 g/mol. The number of aliphatic carboxylic acids is 1. The van der Waals surface area contributed by atoms with Crippen LogP contribution in [0.3, 0.4) is 0 Å². The first-order chi connectivity index (χ1) is 6.40. The molecule has 0 saturated heterocycles. The lowest BCUT2D eigenvalue weighted by Gasteiger charge is -2.38. The largest absolute Gasteiger partial charge is 0.481 e. The molecule has 1 aliphatic rings. The van der Waals surface area contributed by atoms with Gasteiger partial charge in [-0.1, -0.05) is 31.9 Å². The van der Waals surface area contributed by atoms with Crippen molar-refractivity contribution >= 4 is 5.97 Å². The lowest BCUT2D eigenvalue weighted by Crippen LogP contribution is -2.35. The van der Waals surface area contributed by atoms with Crippen molar-refractivity contribution in [2.24, 2.45) is 11.3 Å². The second-order valence-electron chi connectivity index (χ2n) is 4.92. The predicted octanol–water partition coefficient (Wildman–Crippen LogP) is 3.23. The van der Waals surface area contributed by atoms with E-state index in [1.807, 2.05) is 0 Å². The van der Waals surface area contributed by atoms with Gasteiger partial charge in [0, 0.05) is 0 Å². The Bertz CT molecular complexity index is 274. The molecule has 1 atom stereocenters. The van der Waals surface area contributed by atoms with Crippen molar-refractivity contribution in [2.45, 2.75) is 47.0 Å². The van der Waals surface area contributed by atoms with Crippen LogP contribution in [0.5, 0.6) is 0 Å². The molecule has 1 N–H and O–H groups in total. The van der Waals surface area contributed by atoms with Crippen LogP contribution in [-0.4, -0.2) is 11.1 Å². The van der Waals surface area contributed by atoms with Crippen molar-refractivity contribution in [3.63, 3.8) is 0 Å². The van der Waals surface area contributed by atoms with Gasteiger partial charge in [-0.05, 0) is 31.6 Å². The standard InChI is InChI=1S/C12H20O2/c1-5-9-8(2)6-7-12(3,4)10(9)11(13)14/h10H,5-7H2,1-4H3,(H,13,14). The number of carbonyl (C=O) groups is 1. The first-order valence-electron chi connectivity index (χ1n) is 5.31. The first-order valence-corrected chi connectivity index (χ1v) is 5.31. The van der Waals surface area contributed by atoms with Gasteiger partial charge in [-0.15, -0.1) is 0 Å². The minimum atomic E-state index is -0.661. The smallest absolute Gasteiger partial charge is 0.311 e. The molecule has 1 aliphatic carbocycles. The van der Waals surface area contributed by atoms with Crippen LogP contribution in [0, 0.1) is 11.3 Å². The summed E-state index contributed by atoms with van der Waals surface area (Å²) in [4.78, 5) is 11.3. The third-order valence-electron chi connectivity index (χ3n) is 3.45. The van der Waals surface area contributed by atoms with Crippen LogP contribution in [0.4, 0.5) is 0 Å². The molecule has 80 valence electrons. The maximum Gasteiger partial charge on any atom is 0.311 e. The van der Waals surface area contributed by atoms with E-state index in [1.54, 1.807) is 0 Å². The summed E-state index contributed by atoms with van der Waals surface area (Å²) < 4.78 is 0. The molecule has 0 heterocycles. The van der Waals surface area contributed by atoms with E-state index in [2.05, 4.69) is 27.7 Å². The van der Waals surface area contributed by atoms with E-state index in [1.165, 1.54) is 5.57 Å². The third-order valence-corrected chi connectivity index (χ3v) is 3.45. The van der Waals surface area contributed by atoms with E-state index in [4.69, 9.17) is 0 Å². The van der Waals surface area contributed by atoms with E-state index in [-0.39, 0.29) is 11.3 Å². The van der Waals surface area contributed by atoms with Crippen molar-refractivity contribution in [3.05, 3.63) is 11.1 Å². The molecule has 0 bridgehead atoms. The topological polar surface area (TPSA) is 37.3 Å². The van der Waals surface area contributed by atoms with Gasteiger partial charge in [-0.25, -0.2) is 0 Å². The summed E-state index contributed by atoms with van der Waals surface area (Å²) in [6.45, 7) is 8.25. The number of allylic oxidation sites excluding steroid dienone is 1. The fourth-order valence-corrected chi connectivity index (χ4v) is 2.52. The normalized spacial score (nSPS) is 26.4. The summed E-state index contributed by atoms with van der Waals surface area (Å²) >= 11 is 0. The molecule has 0 spiro atoms. The summed E-state index contributed by atoms with van der Waals surface area (Å²) in [6.07, 6.45) is 2.91. The van der Waals surface area contributed by atoms with Crippen molar-refractivity contribution in [2.75, 3.05) is 0 Å². The monoisotopic (exact) mass is 196 g/mol. The molecular formula is C12H20O2. The summed E-state index contributed by atoms with van der Waals surface area (Å²) in [5.74, 6) is -0.938. The molecule has 2 heteroatoms. The molecule has 0 aliphatic heterocycles. The lowest BCUT2D eigenvalue weighted by molar-refractivity contribution is -0.144. The van der Waals surface area contributed by atoms with Gasteiger partial charge in [0.25, 0.3) is 0 Å². The van der Waals surface area contributed by atoms with Crippen LogP contribution in [0.1, 0.15) is 47.0 Å². The molecule has 1 unspecified atom stereocenters. The van der Waals surface area contributed by atoms with Gasteiger partial charge in [0.05, 0.1) is 5.92 Å². The molecule has 2 nitrogen and oxygen atoms in total. The van der Waals surface area contributed by atoms with E-state index in [0.29, 0.717) is 0 Å². The molecule has 1 rings (SSSR count). The summed E-state index contributed by atoms with van der Waals surface area (Å²) in [7, 11) is 0. The zero-order valence-electron chi connectivity index (χ0n) is 9.55. The number of carboxylic acid groups (broad SMARTS) is 1. The number of hydrogen-bond donors (Lipinski definition) is 1. The average molecular weight is 196 g/mol. The highest BCUT2D eigenvalue weighted by Gasteiger charge is 2.40. The van der Waals surface area contributed by atoms with Crippen LogP contribution in [0.25, 0.3) is 0 Å². The Balaban J connectivity index is 3.13. The maximum atomic E-state index is 11.3. The Labute approximate surface area is 86.0 Å². The summed E-state index contributed by atoms with van der Waals surface area (Å²) in [5, 5.41) is 9.26. The average Bonchev–Trinajstić information content (AvgIpc) is 2.07. The summed E-state index contributed by atoms with van der Waals surface area (Å²) in [5.41, 5.74) is 2.35. The van der Waals surface area contributed by atoms with Gasteiger partial charge in [0.1, 0.15) is 0 Å². The van der Waals surface area contributed by atoms with E-state index in [0.717, 1.165) is 24.8 Å². The Morgan fingerprint density at radius 2 is 2.14 bits per heavy atom. The highest BCUT2D eigenvalue weighted by Crippen LogP contribution is 2.44. The van der Waals surface area contributed by atoms with Gasteiger partial charge in [0.2, 0.25) is 0 Å². The molecule has 0 radical (unpaired) electrons. The predicted molar refractivity (Wildman–Crippen MR) is 57.1 cm³/mol. The van der Waals surface area contributed by atoms with Crippen LogP contribution >= 0.6 is 0 Å². The Morgan fingerprint density at radius 3 is 2.50 bits per heavy atom. The minimum Gasteiger partial charge on any atom is -0.481 e. The van der Waals surface area contributed by atoms with Crippen molar-refractivity contribution in [3.8, 4) is 0 Å². The molecule has 0 aromatic heterocycles.